The van der Waals surface area contributed by atoms with Crippen LogP contribution in [-0.2, 0) is 4.79 Å². The number of nitrogens with zero attached hydrogens (tertiary/aromatic N) is 3. The topological polar surface area (TPSA) is 110 Å². The van der Waals surface area contributed by atoms with Crippen molar-refractivity contribution in [2.24, 2.45) is 11.3 Å². The van der Waals surface area contributed by atoms with Crippen molar-refractivity contribution in [1.29, 1.82) is 0 Å². The van der Waals surface area contributed by atoms with E-state index < -0.39 is 11.5 Å². The second-order valence-corrected chi connectivity index (χ2v) is 9.77. The van der Waals surface area contributed by atoms with Crippen LogP contribution in [-0.4, -0.2) is 26.9 Å². The second kappa shape index (κ2) is 8.97. The Bertz CT molecular complexity index is 1070. The van der Waals surface area contributed by atoms with Crippen molar-refractivity contribution in [3.8, 4) is 11.4 Å². The maximum Gasteiger partial charge on any atom is 0.262 e. The van der Waals surface area contributed by atoms with Gasteiger partial charge in [-0.1, -0.05) is 39.8 Å². The fourth-order valence-electron chi connectivity index (χ4n) is 2.77. The number of thiophene rings is 1. The van der Waals surface area contributed by atoms with Gasteiger partial charge >= 0.3 is 0 Å². The summed E-state index contributed by atoms with van der Waals surface area (Å²) < 4.78 is 5.45. The lowest BCUT2D eigenvalue weighted by molar-refractivity contribution is -0.123. The number of anilines is 1. The molecule has 0 saturated carbocycles. The molecule has 2 N–H and O–H groups in total. The SMILES string of the molecule is Cc1cc(NC(=O)C(C)(C)C)sc1C(=O)NC(c1nc(-c2ccncc2)no1)C(C)C. The number of carbonyl (C=O) groups is 2. The zero-order valence-corrected chi connectivity index (χ0v) is 19.3. The highest BCUT2D eigenvalue weighted by molar-refractivity contribution is 7.18. The monoisotopic (exact) mass is 441 g/mol. The Hall–Kier alpha value is -3.07. The van der Waals surface area contributed by atoms with Crippen LogP contribution in [0.25, 0.3) is 11.4 Å². The third-order valence-corrected chi connectivity index (χ3v) is 5.79. The first kappa shape index (κ1) is 22.6. The standard InChI is InChI=1S/C22H27N5O3S/c1-12(2)16(20-26-18(27-30-20)14-7-9-23-10-8-14)25-19(28)17-13(3)11-15(31-17)24-21(29)22(4,5)6/h7-12,16H,1-6H3,(H,24,29)(H,25,28). The van der Waals surface area contributed by atoms with Crippen LogP contribution >= 0.6 is 11.3 Å². The molecule has 2 amide bonds. The fraction of sp³-hybridized carbons (Fsp3) is 0.409. The van der Waals surface area contributed by atoms with Gasteiger partial charge in [0.2, 0.25) is 17.6 Å². The van der Waals surface area contributed by atoms with Crippen LogP contribution in [0.15, 0.2) is 35.1 Å². The molecule has 1 atom stereocenters. The Kier molecular flexibility index (Phi) is 6.54. The van der Waals surface area contributed by atoms with Gasteiger partial charge in [-0.3, -0.25) is 14.6 Å². The fourth-order valence-corrected chi connectivity index (χ4v) is 3.74. The predicted molar refractivity (Wildman–Crippen MR) is 120 cm³/mol. The maximum atomic E-state index is 13.0. The van der Waals surface area contributed by atoms with Crippen LogP contribution in [0.1, 0.15) is 61.8 Å². The van der Waals surface area contributed by atoms with E-state index in [-0.39, 0.29) is 17.7 Å². The van der Waals surface area contributed by atoms with Crippen molar-refractivity contribution in [1.82, 2.24) is 20.4 Å². The zero-order valence-electron chi connectivity index (χ0n) is 18.5. The average Bonchev–Trinajstić information content (AvgIpc) is 3.32. The second-order valence-electron chi connectivity index (χ2n) is 8.71. The molecule has 31 heavy (non-hydrogen) atoms. The van der Waals surface area contributed by atoms with E-state index in [2.05, 4.69) is 25.8 Å². The molecule has 3 rings (SSSR count). The van der Waals surface area contributed by atoms with Gasteiger partial charge in [-0.25, -0.2) is 0 Å². The van der Waals surface area contributed by atoms with Crippen LogP contribution in [0, 0.1) is 18.3 Å². The number of pyridine rings is 1. The smallest absolute Gasteiger partial charge is 0.262 e. The Morgan fingerprint density at radius 2 is 1.84 bits per heavy atom. The van der Waals surface area contributed by atoms with Crippen molar-refractivity contribution < 1.29 is 14.1 Å². The molecule has 0 fully saturated rings. The molecule has 0 radical (unpaired) electrons. The summed E-state index contributed by atoms with van der Waals surface area (Å²) in [5.41, 5.74) is 1.05. The van der Waals surface area contributed by atoms with Gasteiger partial charge < -0.3 is 15.2 Å². The molecule has 9 heteroatoms. The number of aromatic nitrogens is 3. The molecule has 3 heterocycles. The highest BCUT2D eigenvalue weighted by Gasteiger charge is 2.27. The number of aryl methyl sites for hydroxylation is 1. The van der Waals surface area contributed by atoms with E-state index in [1.165, 1.54) is 11.3 Å². The lowest BCUT2D eigenvalue weighted by atomic mass is 9.96. The molecule has 0 aliphatic carbocycles. The predicted octanol–water partition coefficient (Wildman–Crippen LogP) is 4.61. The maximum absolute atomic E-state index is 13.0. The largest absolute Gasteiger partial charge is 0.339 e. The van der Waals surface area contributed by atoms with Gasteiger partial charge in [-0.05, 0) is 36.6 Å². The molecule has 3 aromatic heterocycles. The number of nitrogens with one attached hydrogen (secondary N) is 2. The molecule has 3 aromatic rings. The van der Waals surface area contributed by atoms with Crippen LogP contribution in [0.5, 0.6) is 0 Å². The van der Waals surface area contributed by atoms with Crippen LogP contribution in [0.3, 0.4) is 0 Å². The summed E-state index contributed by atoms with van der Waals surface area (Å²) in [4.78, 5) is 34.3. The Morgan fingerprint density at radius 1 is 1.16 bits per heavy atom. The highest BCUT2D eigenvalue weighted by Crippen LogP contribution is 2.30. The van der Waals surface area contributed by atoms with Crippen LogP contribution < -0.4 is 10.6 Å². The molecule has 1 unspecified atom stereocenters. The Balaban J connectivity index is 1.78. The molecule has 0 aromatic carbocycles. The van der Waals surface area contributed by atoms with E-state index in [1.54, 1.807) is 24.5 Å². The number of rotatable bonds is 6. The summed E-state index contributed by atoms with van der Waals surface area (Å²) in [6.07, 6.45) is 3.31. The van der Waals surface area contributed by atoms with Crippen molar-refractivity contribution in [2.45, 2.75) is 47.6 Å². The van der Waals surface area contributed by atoms with E-state index in [0.29, 0.717) is 21.6 Å². The molecule has 0 aliphatic heterocycles. The van der Waals surface area contributed by atoms with Crippen molar-refractivity contribution in [2.75, 3.05) is 5.32 Å². The van der Waals surface area contributed by atoms with Gasteiger partial charge in [0, 0.05) is 23.4 Å². The summed E-state index contributed by atoms with van der Waals surface area (Å²) in [6.45, 7) is 11.3. The number of hydrogen-bond acceptors (Lipinski definition) is 7. The molecule has 0 aliphatic rings. The lowest BCUT2D eigenvalue weighted by Crippen LogP contribution is -2.31. The van der Waals surface area contributed by atoms with Gasteiger partial charge in [0.25, 0.3) is 5.91 Å². The highest BCUT2D eigenvalue weighted by atomic mass is 32.1. The van der Waals surface area contributed by atoms with Gasteiger partial charge in [0.15, 0.2) is 0 Å². The number of carbonyl (C=O) groups excluding carboxylic acids is 2. The molecular formula is C22H27N5O3S. The zero-order chi connectivity index (χ0) is 22.8. The first-order valence-electron chi connectivity index (χ1n) is 10.0. The number of amides is 2. The summed E-state index contributed by atoms with van der Waals surface area (Å²) in [5, 5.41) is 10.6. The Morgan fingerprint density at radius 3 is 2.45 bits per heavy atom. The van der Waals surface area contributed by atoms with Gasteiger partial charge in [-0.2, -0.15) is 4.98 Å². The summed E-state index contributed by atoms with van der Waals surface area (Å²) in [6, 6.07) is 4.94. The Labute approximate surface area is 185 Å². The molecule has 8 nitrogen and oxygen atoms in total. The van der Waals surface area contributed by atoms with Crippen molar-refractivity contribution >= 4 is 28.2 Å². The molecular weight excluding hydrogens is 414 g/mol. The molecule has 0 spiro atoms. The minimum absolute atomic E-state index is 0.0232. The molecule has 164 valence electrons. The normalized spacial score (nSPS) is 12.6. The van der Waals surface area contributed by atoms with E-state index in [9.17, 15) is 9.59 Å². The number of hydrogen-bond donors (Lipinski definition) is 2. The van der Waals surface area contributed by atoms with Gasteiger partial charge in [0.1, 0.15) is 6.04 Å². The quantitative estimate of drug-likeness (QED) is 0.578. The van der Waals surface area contributed by atoms with Crippen molar-refractivity contribution in [3.63, 3.8) is 0 Å². The van der Waals surface area contributed by atoms with Crippen LogP contribution in [0.4, 0.5) is 5.00 Å². The summed E-state index contributed by atoms with van der Waals surface area (Å²) >= 11 is 1.25. The van der Waals surface area contributed by atoms with E-state index in [4.69, 9.17) is 4.52 Å². The van der Waals surface area contributed by atoms with E-state index in [1.807, 2.05) is 47.6 Å². The van der Waals surface area contributed by atoms with E-state index >= 15 is 0 Å². The average molecular weight is 442 g/mol. The molecule has 0 saturated heterocycles. The first-order chi connectivity index (χ1) is 14.6. The summed E-state index contributed by atoms with van der Waals surface area (Å²) in [7, 11) is 0. The molecule has 0 bridgehead atoms. The van der Waals surface area contributed by atoms with Crippen molar-refractivity contribution in [3.05, 3.63) is 46.9 Å². The van der Waals surface area contributed by atoms with Crippen LogP contribution in [0.2, 0.25) is 0 Å². The minimum atomic E-state index is -0.520. The minimum Gasteiger partial charge on any atom is -0.339 e. The third kappa shape index (κ3) is 5.35. The van der Waals surface area contributed by atoms with Gasteiger partial charge in [-0.15, -0.1) is 11.3 Å². The lowest BCUT2D eigenvalue weighted by Gasteiger charge is -2.18. The summed E-state index contributed by atoms with van der Waals surface area (Å²) in [5.74, 6) is 0.453. The van der Waals surface area contributed by atoms with Gasteiger partial charge in [0.05, 0.1) is 9.88 Å². The van der Waals surface area contributed by atoms with E-state index in [0.717, 1.165) is 11.1 Å². The first-order valence-corrected chi connectivity index (χ1v) is 10.8. The third-order valence-electron chi connectivity index (χ3n) is 4.64.